The van der Waals surface area contributed by atoms with Crippen LogP contribution in [0.2, 0.25) is 0 Å². The van der Waals surface area contributed by atoms with Gasteiger partial charge in [0.15, 0.2) is 5.78 Å². The van der Waals surface area contributed by atoms with E-state index in [2.05, 4.69) is 0 Å². The van der Waals surface area contributed by atoms with Gasteiger partial charge in [0.25, 0.3) is 0 Å². The normalized spacial score (nSPS) is 10.7. The van der Waals surface area contributed by atoms with Gasteiger partial charge in [-0.05, 0) is 55.1 Å². The van der Waals surface area contributed by atoms with E-state index < -0.39 is 5.97 Å². The van der Waals surface area contributed by atoms with E-state index in [9.17, 15) is 9.59 Å². The number of carbonyl (C=O) groups is 2. The van der Waals surface area contributed by atoms with Crippen LogP contribution in [0.3, 0.4) is 0 Å². The largest absolute Gasteiger partial charge is 0.496 e. The van der Waals surface area contributed by atoms with Crippen molar-refractivity contribution in [2.45, 2.75) is 20.5 Å². The summed E-state index contributed by atoms with van der Waals surface area (Å²) in [6, 6.07) is 7.06. The molecule has 0 atom stereocenters. The minimum atomic E-state index is -0.437. The monoisotopic (exact) mass is 330 g/mol. The number of esters is 1. The zero-order valence-corrected chi connectivity index (χ0v) is 14.1. The summed E-state index contributed by atoms with van der Waals surface area (Å²) in [5, 5.41) is 1.97. The van der Waals surface area contributed by atoms with E-state index in [1.54, 1.807) is 35.6 Å². The van der Waals surface area contributed by atoms with E-state index >= 15 is 0 Å². The van der Waals surface area contributed by atoms with Gasteiger partial charge in [0.2, 0.25) is 0 Å². The summed E-state index contributed by atoms with van der Waals surface area (Å²) < 4.78 is 10.5. The van der Waals surface area contributed by atoms with Gasteiger partial charge < -0.3 is 9.47 Å². The molecule has 0 aliphatic rings. The quantitative estimate of drug-likeness (QED) is 0.456. The van der Waals surface area contributed by atoms with Gasteiger partial charge in [-0.1, -0.05) is 0 Å². The maximum absolute atomic E-state index is 11.8. The molecule has 2 rings (SSSR count). The summed E-state index contributed by atoms with van der Waals surface area (Å²) in [6.07, 6.45) is 3.14. The van der Waals surface area contributed by atoms with E-state index in [1.165, 1.54) is 20.1 Å². The smallest absolute Gasteiger partial charge is 0.331 e. The molecular formula is C18H18O4S. The molecule has 1 aromatic carbocycles. The first kappa shape index (κ1) is 17.0. The summed E-state index contributed by atoms with van der Waals surface area (Å²) in [5.41, 5.74) is 2.34. The minimum Gasteiger partial charge on any atom is -0.496 e. The van der Waals surface area contributed by atoms with Crippen molar-refractivity contribution in [3.63, 3.8) is 0 Å². The van der Waals surface area contributed by atoms with Gasteiger partial charge in [-0.15, -0.1) is 11.3 Å². The topological polar surface area (TPSA) is 52.6 Å². The Morgan fingerprint density at radius 1 is 1.26 bits per heavy atom. The molecule has 5 heteroatoms. The van der Waals surface area contributed by atoms with Crippen LogP contribution in [0.1, 0.15) is 33.3 Å². The van der Waals surface area contributed by atoms with Crippen LogP contribution in [0.4, 0.5) is 0 Å². The molecule has 4 nitrogen and oxygen atoms in total. The molecule has 0 aliphatic heterocycles. The van der Waals surface area contributed by atoms with E-state index in [0.717, 1.165) is 10.4 Å². The molecule has 1 heterocycles. The highest BCUT2D eigenvalue weighted by molar-refractivity contribution is 7.11. The number of ether oxygens (including phenoxy) is 2. The Kier molecular flexibility index (Phi) is 5.71. The molecule has 0 radical (unpaired) electrons. The Hall–Kier alpha value is -2.40. The number of thiophene rings is 1. The Morgan fingerprint density at radius 2 is 2.04 bits per heavy atom. The third-order valence-electron chi connectivity index (χ3n) is 3.33. The molecule has 0 N–H and O–H groups in total. The number of hydrogen-bond acceptors (Lipinski definition) is 5. The third kappa shape index (κ3) is 4.53. The molecule has 120 valence electrons. The number of methoxy groups -OCH3 is 1. The SMILES string of the molecule is COc1ccc(C(C)=O)cc1COC(=O)/C=C/c1sccc1C. The minimum absolute atomic E-state index is 0.0479. The van der Waals surface area contributed by atoms with Gasteiger partial charge >= 0.3 is 5.97 Å². The molecule has 0 amide bonds. The van der Waals surface area contributed by atoms with Crippen molar-refractivity contribution in [1.82, 2.24) is 0 Å². The lowest BCUT2D eigenvalue weighted by molar-refractivity contribution is -0.138. The summed E-state index contributed by atoms with van der Waals surface area (Å²) in [6.45, 7) is 3.53. The number of ketones is 1. The van der Waals surface area contributed by atoms with Gasteiger partial charge in [0.1, 0.15) is 12.4 Å². The molecule has 1 aromatic heterocycles. The molecule has 0 aliphatic carbocycles. The van der Waals surface area contributed by atoms with Crippen LogP contribution in [0.5, 0.6) is 5.75 Å². The van der Waals surface area contributed by atoms with Crippen molar-refractivity contribution in [2.24, 2.45) is 0 Å². The number of carbonyl (C=O) groups excluding carboxylic acids is 2. The van der Waals surface area contributed by atoms with Crippen molar-refractivity contribution in [2.75, 3.05) is 7.11 Å². The Balaban J connectivity index is 2.03. The average molecular weight is 330 g/mol. The van der Waals surface area contributed by atoms with Crippen molar-refractivity contribution in [1.29, 1.82) is 0 Å². The van der Waals surface area contributed by atoms with E-state index in [4.69, 9.17) is 9.47 Å². The van der Waals surface area contributed by atoms with Crippen molar-refractivity contribution < 1.29 is 19.1 Å². The van der Waals surface area contributed by atoms with Crippen LogP contribution in [0.15, 0.2) is 35.7 Å². The lowest BCUT2D eigenvalue weighted by Crippen LogP contribution is -2.04. The highest BCUT2D eigenvalue weighted by atomic mass is 32.1. The van der Waals surface area contributed by atoms with Gasteiger partial charge in [-0.3, -0.25) is 4.79 Å². The Morgan fingerprint density at radius 3 is 2.65 bits per heavy atom. The second-order valence-electron chi connectivity index (χ2n) is 4.99. The maximum Gasteiger partial charge on any atom is 0.331 e. The Bertz CT molecular complexity index is 743. The van der Waals surface area contributed by atoms with Crippen LogP contribution < -0.4 is 4.74 Å². The van der Waals surface area contributed by atoms with Crippen LogP contribution in [0, 0.1) is 6.92 Å². The fourth-order valence-corrected chi connectivity index (χ4v) is 2.83. The van der Waals surface area contributed by atoms with Gasteiger partial charge in [-0.2, -0.15) is 0 Å². The average Bonchev–Trinajstić information content (AvgIpc) is 2.95. The molecule has 0 spiro atoms. The molecular weight excluding hydrogens is 312 g/mol. The van der Waals surface area contributed by atoms with Crippen LogP contribution in [-0.2, 0) is 16.1 Å². The first-order valence-corrected chi connectivity index (χ1v) is 7.96. The van der Waals surface area contributed by atoms with Gasteiger partial charge in [-0.25, -0.2) is 4.79 Å². The zero-order valence-electron chi connectivity index (χ0n) is 13.3. The van der Waals surface area contributed by atoms with Gasteiger partial charge in [0.05, 0.1) is 7.11 Å². The maximum atomic E-state index is 11.8. The third-order valence-corrected chi connectivity index (χ3v) is 4.31. The van der Waals surface area contributed by atoms with Crippen LogP contribution in [-0.4, -0.2) is 18.9 Å². The fraction of sp³-hybridized carbons (Fsp3) is 0.222. The summed E-state index contributed by atoms with van der Waals surface area (Å²) in [7, 11) is 1.54. The van der Waals surface area contributed by atoms with Crippen LogP contribution in [0.25, 0.3) is 6.08 Å². The second kappa shape index (κ2) is 7.74. The summed E-state index contributed by atoms with van der Waals surface area (Å²) in [4.78, 5) is 24.3. The van der Waals surface area contributed by atoms with Crippen molar-refractivity contribution >= 4 is 29.2 Å². The number of aryl methyl sites for hydroxylation is 1. The Labute approximate surface area is 139 Å². The molecule has 0 saturated carbocycles. The molecule has 0 fully saturated rings. The van der Waals surface area contributed by atoms with E-state index in [-0.39, 0.29) is 12.4 Å². The highest BCUT2D eigenvalue weighted by Crippen LogP contribution is 2.21. The first-order valence-electron chi connectivity index (χ1n) is 7.08. The number of benzene rings is 1. The molecule has 2 aromatic rings. The summed E-state index contributed by atoms with van der Waals surface area (Å²) >= 11 is 1.57. The number of Topliss-reactive ketones (excluding diaryl/α,β-unsaturated/α-hetero) is 1. The molecule has 0 bridgehead atoms. The van der Waals surface area contributed by atoms with E-state index in [0.29, 0.717) is 16.9 Å². The van der Waals surface area contributed by atoms with Gasteiger partial charge in [0, 0.05) is 22.1 Å². The highest BCUT2D eigenvalue weighted by Gasteiger charge is 2.09. The van der Waals surface area contributed by atoms with Crippen molar-refractivity contribution in [3.8, 4) is 5.75 Å². The first-order chi connectivity index (χ1) is 11.0. The standard InChI is InChI=1S/C18H18O4S/c1-12-8-9-23-17(12)6-7-18(20)22-11-15-10-14(13(2)19)4-5-16(15)21-3/h4-10H,11H2,1-3H3/b7-6+. The zero-order chi connectivity index (χ0) is 16.8. The summed E-state index contributed by atoms with van der Waals surface area (Å²) in [5.74, 6) is 0.0993. The van der Waals surface area contributed by atoms with Crippen molar-refractivity contribution in [3.05, 3.63) is 57.3 Å². The lowest BCUT2D eigenvalue weighted by atomic mass is 10.1. The number of hydrogen-bond donors (Lipinski definition) is 0. The fourth-order valence-electron chi connectivity index (χ4n) is 2.01. The second-order valence-corrected chi connectivity index (χ2v) is 5.94. The molecule has 0 unspecified atom stereocenters. The number of rotatable bonds is 6. The van der Waals surface area contributed by atoms with E-state index in [1.807, 2.05) is 18.4 Å². The predicted octanol–water partition coefficient (Wildman–Crippen LogP) is 4.02. The molecule has 23 heavy (non-hydrogen) atoms. The van der Waals surface area contributed by atoms with Crippen LogP contribution >= 0.6 is 11.3 Å². The predicted molar refractivity (Wildman–Crippen MR) is 90.9 cm³/mol. The molecule has 0 saturated heterocycles. The lowest BCUT2D eigenvalue weighted by Gasteiger charge is -2.09.